The molecule has 0 aliphatic carbocycles. The van der Waals surface area contributed by atoms with Gasteiger partial charge in [0.1, 0.15) is 6.04 Å². The lowest BCUT2D eigenvalue weighted by atomic mass is 10.0. The minimum absolute atomic E-state index is 0.160. The SMILES string of the molecule is C=C1CCN([C@@H](C(=O)NCCCc2ccccc2)C(C)C)S(=O)(=O)c2ccccc21. The molecule has 1 atom stereocenters. The number of fused-ring (bicyclic) bond motifs is 1. The summed E-state index contributed by atoms with van der Waals surface area (Å²) in [6.45, 7) is 8.59. The Balaban J connectivity index is 1.75. The molecule has 1 aliphatic rings. The molecular formula is C24H30N2O3S. The molecule has 3 rings (SSSR count). The Morgan fingerprint density at radius 1 is 1.10 bits per heavy atom. The van der Waals surface area contributed by atoms with Crippen LogP contribution in [0.3, 0.4) is 0 Å². The minimum atomic E-state index is -3.80. The molecule has 0 unspecified atom stereocenters. The van der Waals surface area contributed by atoms with Crippen molar-refractivity contribution in [2.24, 2.45) is 5.92 Å². The number of hydrogen-bond acceptors (Lipinski definition) is 3. The Morgan fingerprint density at radius 3 is 2.47 bits per heavy atom. The molecule has 2 aromatic carbocycles. The minimum Gasteiger partial charge on any atom is -0.355 e. The largest absolute Gasteiger partial charge is 0.355 e. The average molecular weight is 427 g/mol. The number of carbonyl (C=O) groups is 1. The molecule has 1 aliphatic heterocycles. The normalized spacial score (nSPS) is 17.2. The first kappa shape index (κ1) is 22.2. The van der Waals surface area contributed by atoms with Gasteiger partial charge in [-0.05, 0) is 47.9 Å². The number of hydrogen-bond donors (Lipinski definition) is 1. The molecule has 1 heterocycles. The fourth-order valence-corrected chi connectivity index (χ4v) is 5.88. The molecule has 160 valence electrons. The fourth-order valence-electron chi connectivity index (χ4n) is 3.92. The molecule has 0 aromatic heterocycles. The number of sulfonamides is 1. The molecule has 0 spiro atoms. The first-order valence-corrected chi connectivity index (χ1v) is 11.9. The molecule has 0 bridgehead atoms. The maximum Gasteiger partial charge on any atom is 0.244 e. The van der Waals surface area contributed by atoms with Crippen LogP contribution in [-0.2, 0) is 21.2 Å². The second kappa shape index (κ2) is 9.58. The maximum absolute atomic E-state index is 13.4. The van der Waals surface area contributed by atoms with Gasteiger partial charge in [-0.1, -0.05) is 69.0 Å². The molecule has 0 radical (unpaired) electrons. The van der Waals surface area contributed by atoms with E-state index >= 15 is 0 Å². The van der Waals surface area contributed by atoms with Crippen LogP contribution in [0.5, 0.6) is 0 Å². The van der Waals surface area contributed by atoms with Crippen LogP contribution in [0.2, 0.25) is 0 Å². The molecule has 1 amide bonds. The van der Waals surface area contributed by atoms with Crippen molar-refractivity contribution in [3.8, 4) is 0 Å². The van der Waals surface area contributed by atoms with E-state index in [0.29, 0.717) is 18.5 Å². The van der Waals surface area contributed by atoms with Gasteiger partial charge in [0, 0.05) is 13.1 Å². The molecule has 2 aromatic rings. The van der Waals surface area contributed by atoms with E-state index in [0.717, 1.165) is 18.4 Å². The first-order chi connectivity index (χ1) is 14.3. The fraction of sp³-hybridized carbons (Fsp3) is 0.375. The van der Waals surface area contributed by atoms with Crippen LogP contribution >= 0.6 is 0 Å². The molecule has 0 saturated carbocycles. The third kappa shape index (κ3) is 4.82. The lowest BCUT2D eigenvalue weighted by molar-refractivity contribution is -0.126. The standard InChI is InChI=1S/C24H30N2O3S/c1-18(2)23(24(27)25-16-9-12-20-10-5-4-6-11-20)26-17-15-19(3)21-13-7-8-14-22(21)30(26,28)29/h4-8,10-11,13-14,18,23H,3,9,12,15-17H2,1-2H3,(H,25,27)/t23-/m1/s1. The molecule has 0 fully saturated rings. The summed E-state index contributed by atoms with van der Waals surface area (Å²) in [7, 11) is -3.80. The van der Waals surface area contributed by atoms with Crippen LogP contribution in [0.25, 0.3) is 5.57 Å². The van der Waals surface area contributed by atoms with Gasteiger partial charge in [0.2, 0.25) is 15.9 Å². The molecule has 0 saturated heterocycles. The Morgan fingerprint density at radius 2 is 1.77 bits per heavy atom. The van der Waals surface area contributed by atoms with Crippen molar-refractivity contribution in [3.63, 3.8) is 0 Å². The van der Waals surface area contributed by atoms with Crippen LogP contribution in [0.1, 0.15) is 37.8 Å². The quantitative estimate of drug-likeness (QED) is 0.684. The maximum atomic E-state index is 13.4. The summed E-state index contributed by atoms with van der Waals surface area (Å²) in [6.07, 6.45) is 2.16. The highest BCUT2D eigenvalue weighted by Crippen LogP contribution is 2.33. The van der Waals surface area contributed by atoms with E-state index in [4.69, 9.17) is 0 Å². The number of carbonyl (C=O) groups excluding carboxylic acids is 1. The van der Waals surface area contributed by atoms with Gasteiger partial charge in [-0.2, -0.15) is 4.31 Å². The van der Waals surface area contributed by atoms with Crippen LogP contribution in [-0.4, -0.2) is 37.8 Å². The summed E-state index contributed by atoms with van der Waals surface area (Å²) in [5, 5.41) is 2.96. The van der Waals surface area contributed by atoms with Gasteiger partial charge in [0.05, 0.1) is 4.90 Å². The van der Waals surface area contributed by atoms with Crippen molar-refractivity contribution in [1.29, 1.82) is 0 Å². The van der Waals surface area contributed by atoms with Crippen molar-refractivity contribution in [2.75, 3.05) is 13.1 Å². The Labute approximate surface area is 179 Å². The van der Waals surface area contributed by atoms with E-state index in [-0.39, 0.29) is 23.3 Å². The second-order valence-corrected chi connectivity index (χ2v) is 9.89. The van der Waals surface area contributed by atoms with Crippen LogP contribution in [0.4, 0.5) is 0 Å². The van der Waals surface area contributed by atoms with Gasteiger partial charge in [-0.15, -0.1) is 0 Å². The first-order valence-electron chi connectivity index (χ1n) is 10.4. The number of rotatable bonds is 7. The number of benzene rings is 2. The zero-order chi connectivity index (χ0) is 21.7. The Kier molecular flexibility index (Phi) is 7.10. The Bertz CT molecular complexity index is 1000. The van der Waals surface area contributed by atoms with Gasteiger partial charge in [-0.25, -0.2) is 8.42 Å². The van der Waals surface area contributed by atoms with E-state index < -0.39 is 16.1 Å². The zero-order valence-electron chi connectivity index (χ0n) is 17.7. The number of nitrogens with one attached hydrogen (secondary N) is 1. The predicted octanol–water partition coefficient (Wildman–Crippen LogP) is 3.87. The van der Waals surface area contributed by atoms with Crippen molar-refractivity contribution in [2.45, 2.75) is 44.0 Å². The summed E-state index contributed by atoms with van der Waals surface area (Å²) < 4.78 is 28.2. The van der Waals surface area contributed by atoms with Crippen molar-refractivity contribution < 1.29 is 13.2 Å². The molecular weight excluding hydrogens is 396 g/mol. The monoisotopic (exact) mass is 426 g/mol. The van der Waals surface area contributed by atoms with Gasteiger partial charge >= 0.3 is 0 Å². The number of nitrogens with zero attached hydrogens (tertiary/aromatic N) is 1. The molecule has 30 heavy (non-hydrogen) atoms. The summed E-state index contributed by atoms with van der Waals surface area (Å²) in [5.74, 6) is -0.404. The predicted molar refractivity (Wildman–Crippen MR) is 120 cm³/mol. The van der Waals surface area contributed by atoms with Gasteiger partial charge < -0.3 is 5.32 Å². The topological polar surface area (TPSA) is 66.5 Å². The van der Waals surface area contributed by atoms with E-state index in [9.17, 15) is 13.2 Å². The van der Waals surface area contributed by atoms with E-state index in [1.807, 2.05) is 38.1 Å². The Hall–Kier alpha value is -2.44. The molecule has 5 nitrogen and oxygen atoms in total. The summed E-state index contributed by atoms with van der Waals surface area (Å²) in [4.78, 5) is 13.3. The van der Waals surface area contributed by atoms with Crippen molar-refractivity contribution in [1.82, 2.24) is 9.62 Å². The zero-order valence-corrected chi connectivity index (χ0v) is 18.5. The third-order valence-electron chi connectivity index (χ3n) is 5.48. The van der Waals surface area contributed by atoms with Gasteiger partial charge in [-0.3, -0.25) is 4.79 Å². The van der Waals surface area contributed by atoms with Crippen LogP contribution in [0, 0.1) is 5.92 Å². The van der Waals surface area contributed by atoms with Crippen molar-refractivity contribution >= 4 is 21.5 Å². The van der Waals surface area contributed by atoms with Gasteiger partial charge in [0.25, 0.3) is 0 Å². The van der Waals surface area contributed by atoms with E-state index in [2.05, 4.69) is 24.0 Å². The smallest absolute Gasteiger partial charge is 0.244 e. The lowest BCUT2D eigenvalue weighted by Gasteiger charge is -2.31. The van der Waals surface area contributed by atoms with Crippen LogP contribution in [0.15, 0.2) is 66.1 Å². The summed E-state index contributed by atoms with van der Waals surface area (Å²) >= 11 is 0. The summed E-state index contributed by atoms with van der Waals surface area (Å²) in [6, 6.07) is 16.3. The average Bonchev–Trinajstić information content (AvgIpc) is 2.82. The second-order valence-electron chi connectivity index (χ2n) is 8.03. The number of aryl methyl sites for hydroxylation is 1. The highest BCUT2D eigenvalue weighted by atomic mass is 32.2. The van der Waals surface area contributed by atoms with Crippen LogP contribution < -0.4 is 5.32 Å². The highest BCUT2D eigenvalue weighted by molar-refractivity contribution is 7.89. The molecule has 1 N–H and O–H groups in total. The third-order valence-corrected chi connectivity index (χ3v) is 7.42. The molecule has 6 heteroatoms. The summed E-state index contributed by atoms with van der Waals surface area (Å²) in [5.41, 5.74) is 2.64. The van der Waals surface area contributed by atoms with E-state index in [1.54, 1.807) is 18.2 Å². The van der Waals surface area contributed by atoms with Gasteiger partial charge in [0.15, 0.2) is 0 Å². The van der Waals surface area contributed by atoms with E-state index in [1.165, 1.54) is 9.87 Å². The lowest BCUT2D eigenvalue weighted by Crippen LogP contribution is -2.52. The van der Waals surface area contributed by atoms with Crippen molar-refractivity contribution in [3.05, 3.63) is 72.3 Å². The number of amides is 1. The highest BCUT2D eigenvalue weighted by Gasteiger charge is 2.40.